The van der Waals surface area contributed by atoms with E-state index < -0.39 is 0 Å². The molecule has 0 unspecified atom stereocenters. The van der Waals surface area contributed by atoms with E-state index in [0.717, 1.165) is 24.5 Å². The van der Waals surface area contributed by atoms with Crippen LogP contribution in [0.25, 0.3) is 0 Å². The molecule has 0 saturated heterocycles. The fraction of sp³-hybridized carbons (Fsp3) is 0.294. The zero-order valence-corrected chi connectivity index (χ0v) is 12.4. The van der Waals surface area contributed by atoms with E-state index in [0.29, 0.717) is 13.2 Å². The maximum Gasteiger partial charge on any atom is 0.330 e. The van der Waals surface area contributed by atoms with Crippen LogP contribution in [0.3, 0.4) is 0 Å². The number of esters is 2. The molecule has 21 heavy (non-hydrogen) atoms. The number of unbranched alkanes of at least 4 members (excludes halogenated alkanes) is 1. The Bertz CT molecular complexity index is 437. The van der Waals surface area contributed by atoms with Crippen LogP contribution in [0.2, 0.25) is 0 Å². The van der Waals surface area contributed by atoms with Crippen LogP contribution in [0.15, 0.2) is 55.6 Å². The second-order valence-corrected chi connectivity index (χ2v) is 4.02. The van der Waals surface area contributed by atoms with Gasteiger partial charge in [0.15, 0.2) is 0 Å². The largest absolute Gasteiger partial charge is 0.463 e. The molecule has 0 heterocycles. The Morgan fingerprint density at radius 3 is 2.14 bits per heavy atom. The topological polar surface area (TPSA) is 52.6 Å². The molecule has 0 amide bonds. The molecule has 1 rings (SSSR count). The molecular formula is C17H22O4. The Morgan fingerprint density at radius 2 is 1.62 bits per heavy atom. The van der Waals surface area contributed by atoms with Crippen molar-refractivity contribution in [1.82, 2.24) is 0 Å². The van der Waals surface area contributed by atoms with E-state index in [1.807, 2.05) is 37.3 Å². The molecule has 0 saturated carbocycles. The summed E-state index contributed by atoms with van der Waals surface area (Å²) in [6.45, 7) is 9.43. The van der Waals surface area contributed by atoms with Crippen molar-refractivity contribution >= 4 is 11.9 Å². The Morgan fingerprint density at radius 1 is 1.05 bits per heavy atom. The van der Waals surface area contributed by atoms with E-state index in [2.05, 4.69) is 17.9 Å². The van der Waals surface area contributed by atoms with Crippen LogP contribution in [-0.4, -0.2) is 18.5 Å². The van der Waals surface area contributed by atoms with Gasteiger partial charge in [-0.2, -0.15) is 0 Å². The molecule has 0 aliphatic rings. The molecule has 114 valence electrons. The molecule has 4 nitrogen and oxygen atoms in total. The second kappa shape index (κ2) is 12.7. The van der Waals surface area contributed by atoms with E-state index in [1.165, 1.54) is 6.08 Å². The third kappa shape index (κ3) is 11.2. The summed E-state index contributed by atoms with van der Waals surface area (Å²) in [5, 5.41) is 0. The van der Waals surface area contributed by atoms with Crippen molar-refractivity contribution in [1.29, 1.82) is 0 Å². The van der Waals surface area contributed by atoms with Gasteiger partial charge in [-0.25, -0.2) is 9.59 Å². The predicted molar refractivity (Wildman–Crippen MR) is 82.5 cm³/mol. The first kappa shape index (κ1) is 18.6. The number of carbonyl (C=O) groups excluding carboxylic acids is 2. The van der Waals surface area contributed by atoms with E-state index >= 15 is 0 Å². The lowest BCUT2D eigenvalue weighted by atomic mass is 10.2. The Balaban J connectivity index is 0.000000400. The summed E-state index contributed by atoms with van der Waals surface area (Å²) < 4.78 is 9.49. The van der Waals surface area contributed by atoms with Gasteiger partial charge in [-0.15, -0.1) is 0 Å². The summed E-state index contributed by atoms with van der Waals surface area (Å²) in [6.07, 6.45) is 4.31. The predicted octanol–water partition coefficient (Wildman–Crippen LogP) is 3.43. The van der Waals surface area contributed by atoms with Crippen LogP contribution in [-0.2, 0) is 25.7 Å². The summed E-state index contributed by atoms with van der Waals surface area (Å²) in [6, 6.07) is 9.51. The normalized spacial score (nSPS) is 8.81. The lowest BCUT2D eigenvalue weighted by molar-refractivity contribution is -0.139. The fourth-order valence-electron chi connectivity index (χ4n) is 1.16. The van der Waals surface area contributed by atoms with Gasteiger partial charge in [0.1, 0.15) is 6.61 Å². The van der Waals surface area contributed by atoms with E-state index in [-0.39, 0.29) is 11.9 Å². The summed E-state index contributed by atoms with van der Waals surface area (Å²) >= 11 is 0. The molecule has 0 aromatic heterocycles. The zero-order chi connectivity index (χ0) is 15.9. The highest BCUT2D eigenvalue weighted by atomic mass is 16.5. The van der Waals surface area contributed by atoms with Crippen LogP contribution in [0, 0.1) is 0 Å². The minimum absolute atomic E-state index is 0.311. The van der Waals surface area contributed by atoms with Crippen molar-refractivity contribution in [3.8, 4) is 0 Å². The molecule has 0 bridgehead atoms. The van der Waals surface area contributed by atoms with Gasteiger partial charge >= 0.3 is 11.9 Å². The molecule has 0 N–H and O–H groups in total. The zero-order valence-electron chi connectivity index (χ0n) is 12.4. The highest BCUT2D eigenvalue weighted by Crippen LogP contribution is 2.00. The molecule has 0 spiro atoms. The van der Waals surface area contributed by atoms with Crippen LogP contribution < -0.4 is 0 Å². The smallest absolute Gasteiger partial charge is 0.330 e. The highest BCUT2D eigenvalue weighted by molar-refractivity contribution is 5.81. The summed E-state index contributed by atoms with van der Waals surface area (Å²) in [7, 11) is 0. The number of carbonyl (C=O) groups is 2. The SMILES string of the molecule is C=CC(=O)OCCCC.C=CC(=O)OCc1ccccc1. The minimum Gasteiger partial charge on any atom is -0.463 e. The summed E-state index contributed by atoms with van der Waals surface area (Å²) in [4.78, 5) is 21.0. The molecule has 0 aliphatic heterocycles. The first-order valence-electron chi connectivity index (χ1n) is 6.76. The van der Waals surface area contributed by atoms with E-state index in [9.17, 15) is 9.59 Å². The van der Waals surface area contributed by atoms with Gasteiger partial charge in [0.2, 0.25) is 0 Å². The van der Waals surface area contributed by atoms with Crippen molar-refractivity contribution in [2.75, 3.05) is 6.61 Å². The van der Waals surface area contributed by atoms with Gasteiger partial charge in [0.25, 0.3) is 0 Å². The molecular weight excluding hydrogens is 268 g/mol. The van der Waals surface area contributed by atoms with Gasteiger partial charge in [0.05, 0.1) is 6.61 Å². The Hall–Kier alpha value is -2.36. The Labute approximate surface area is 126 Å². The molecule has 0 fully saturated rings. The summed E-state index contributed by atoms with van der Waals surface area (Å²) in [5.74, 6) is -0.720. The molecule has 4 heteroatoms. The summed E-state index contributed by atoms with van der Waals surface area (Å²) in [5.41, 5.74) is 0.979. The molecule has 0 radical (unpaired) electrons. The van der Waals surface area contributed by atoms with Crippen LogP contribution in [0.5, 0.6) is 0 Å². The number of rotatable bonds is 7. The molecule has 0 atom stereocenters. The van der Waals surface area contributed by atoms with Gasteiger partial charge in [-0.1, -0.05) is 56.8 Å². The van der Waals surface area contributed by atoms with Crippen molar-refractivity contribution in [3.05, 3.63) is 61.2 Å². The number of benzene rings is 1. The first-order chi connectivity index (χ1) is 10.1. The van der Waals surface area contributed by atoms with Crippen molar-refractivity contribution in [3.63, 3.8) is 0 Å². The number of hydrogen-bond acceptors (Lipinski definition) is 4. The number of ether oxygens (including phenoxy) is 2. The van der Waals surface area contributed by atoms with Gasteiger partial charge in [0, 0.05) is 12.2 Å². The quantitative estimate of drug-likeness (QED) is 0.438. The molecule has 0 aliphatic carbocycles. The van der Waals surface area contributed by atoms with Crippen molar-refractivity contribution in [2.45, 2.75) is 26.4 Å². The van der Waals surface area contributed by atoms with Gasteiger partial charge in [-0.05, 0) is 12.0 Å². The third-order valence-corrected chi connectivity index (χ3v) is 2.30. The maximum absolute atomic E-state index is 10.6. The van der Waals surface area contributed by atoms with Crippen LogP contribution in [0.1, 0.15) is 25.3 Å². The minimum atomic E-state index is -0.390. The van der Waals surface area contributed by atoms with Crippen LogP contribution >= 0.6 is 0 Å². The first-order valence-corrected chi connectivity index (χ1v) is 6.76. The highest BCUT2D eigenvalue weighted by Gasteiger charge is 1.95. The van der Waals surface area contributed by atoms with Crippen molar-refractivity contribution < 1.29 is 19.1 Å². The standard InChI is InChI=1S/C10H10O2.C7H12O2/c1-2-10(11)12-8-9-6-4-3-5-7-9;1-3-5-6-9-7(8)4-2/h2-7H,1,8H2;4H,2-3,5-6H2,1H3. The lowest BCUT2D eigenvalue weighted by Crippen LogP contribution is -2.00. The maximum atomic E-state index is 10.6. The number of hydrogen-bond donors (Lipinski definition) is 0. The molecule has 1 aromatic rings. The van der Waals surface area contributed by atoms with Gasteiger partial charge in [-0.3, -0.25) is 0 Å². The lowest BCUT2D eigenvalue weighted by Gasteiger charge is -2.00. The van der Waals surface area contributed by atoms with Gasteiger partial charge < -0.3 is 9.47 Å². The van der Waals surface area contributed by atoms with Crippen LogP contribution in [0.4, 0.5) is 0 Å². The van der Waals surface area contributed by atoms with E-state index in [4.69, 9.17) is 4.74 Å². The average Bonchev–Trinajstić information content (AvgIpc) is 2.54. The Kier molecular flexibility index (Phi) is 11.2. The monoisotopic (exact) mass is 290 g/mol. The fourth-order valence-corrected chi connectivity index (χ4v) is 1.16. The second-order valence-electron chi connectivity index (χ2n) is 4.02. The average molecular weight is 290 g/mol. The van der Waals surface area contributed by atoms with E-state index in [1.54, 1.807) is 0 Å². The van der Waals surface area contributed by atoms with Crippen molar-refractivity contribution in [2.24, 2.45) is 0 Å². The molecule has 1 aromatic carbocycles. The third-order valence-electron chi connectivity index (χ3n) is 2.30.